The number of hydrogen-bond acceptors (Lipinski definition) is 6. The normalized spacial score (nSPS) is 25.4. The maximum Gasteiger partial charge on any atom is 0.231 e. The second-order valence-electron chi connectivity index (χ2n) is 7.43. The minimum absolute atomic E-state index is 0.0357. The number of nitrogens with zero attached hydrogens (tertiary/aromatic N) is 1. The van der Waals surface area contributed by atoms with E-state index >= 15 is 0 Å². The average Bonchev–Trinajstić information content (AvgIpc) is 3.12. The first-order chi connectivity index (χ1) is 13.1. The molecule has 1 N–H and O–H groups in total. The molecule has 0 aromatic heterocycles. The molecule has 5 rings (SSSR count). The van der Waals surface area contributed by atoms with Gasteiger partial charge in [-0.2, -0.15) is 0 Å². The molecule has 27 heavy (non-hydrogen) atoms. The van der Waals surface area contributed by atoms with Gasteiger partial charge in [-0.25, -0.2) is 0 Å². The van der Waals surface area contributed by atoms with Crippen LogP contribution in [0.15, 0.2) is 24.3 Å². The van der Waals surface area contributed by atoms with Gasteiger partial charge in [0.1, 0.15) is 0 Å². The zero-order chi connectivity index (χ0) is 18.7. The molecule has 0 radical (unpaired) electrons. The second kappa shape index (κ2) is 6.04. The summed E-state index contributed by atoms with van der Waals surface area (Å²) in [7, 11) is 5.40. The summed E-state index contributed by atoms with van der Waals surface area (Å²) in [6, 6.07) is 8.19. The highest BCUT2D eigenvalue weighted by Gasteiger charge is 2.44. The number of fused-ring (bicyclic) bond motifs is 6. The van der Waals surface area contributed by atoms with E-state index in [-0.39, 0.29) is 18.8 Å². The molecule has 6 heteroatoms. The summed E-state index contributed by atoms with van der Waals surface area (Å²) >= 11 is 0. The van der Waals surface area contributed by atoms with E-state index in [4.69, 9.17) is 18.9 Å². The monoisotopic (exact) mass is 369 g/mol. The van der Waals surface area contributed by atoms with E-state index in [1.165, 1.54) is 5.56 Å². The lowest BCUT2D eigenvalue weighted by atomic mass is 9.70. The molecule has 2 aliphatic heterocycles. The Morgan fingerprint density at radius 2 is 1.85 bits per heavy atom. The lowest BCUT2D eigenvalue weighted by Gasteiger charge is -2.46. The first kappa shape index (κ1) is 16.7. The molecular weight excluding hydrogens is 346 g/mol. The Labute approximate surface area is 158 Å². The van der Waals surface area contributed by atoms with Crippen LogP contribution in [0.5, 0.6) is 23.0 Å². The number of benzene rings is 2. The minimum atomic E-state index is -0.484. The van der Waals surface area contributed by atoms with Gasteiger partial charge in [-0.05, 0) is 48.4 Å². The van der Waals surface area contributed by atoms with Crippen LogP contribution in [-0.4, -0.2) is 44.2 Å². The molecule has 0 bridgehead atoms. The fourth-order valence-electron chi connectivity index (χ4n) is 4.93. The van der Waals surface area contributed by atoms with Gasteiger partial charge in [0.05, 0.1) is 20.3 Å². The van der Waals surface area contributed by atoms with Crippen molar-refractivity contribution >= 4 is 0 Å². The highest BCUT2D eigenvalue weighted by Crippen LogP contribution is 2.53. The predicted octanol–water partition coefficient (Wildman–Crippen LogP) is 2.62. The molecule has 3 atom stereocenters. The Bertz CT molecular complexity index is 912. The van der Waals surface area contributed by atoms with Gasteiger partial charge in [-0.1, -0.05) is 6.07 Å². The zero-order valence-electron chi connectivity index (χ0n) is 15.7. The van der Waals surface area contributed by atoms with Crippen molar-refractivity contribution in [2.75, 3.05) is 28.1 Å². The molecule has 0 saturated carbocycles. The molecule has 142 valence electrons. The molecule has 2 aromatic rings. The predicted molar refractivity (Wildman–Crippen MR) is 98.8 cm³/mol. The largest absolute Gasteiger partial charge is 0.493 e. The van der Waals surface area contributed by atoms with Crippen molar-refractivity contribution in [1.82, 2.24) is 4.90 Å². The number of hydrogen-bond donors (Lipinski definition) is 1. The Kier molecular flexibility index (Phi) is 3.74. The van der Waals surface area contributed by atoms with Gasteiger partial charge in [0, 0.05) is 24.1 Å². The number of ether oxygens (including phenoxy) is 4. The third kappa shape index (κ3) is 2.33. The molecule has 0 amide bonds. The summed E-state index contributed by atoms with van der Waals surface area (Å²) in [5.74, 6) is 2.99. The van der Waals surface area contributed by atoms with Crippen molar-refractivity contribution in [2.45, 2.75) is 31.0 Å². The highest BCUT2D eigenvalue weighted by molar-refractivity contribution is 5.57. The summed E-state index contributed by atoms with van der Waals surface area (Å²) in [5, 5.41) is 11.1. The summed E-state index contributed by atoms with van der Waals surface area (Å²) in [6.45, 7) is 0.974. The van der Waals surface area contributed by atoms with Crippen molar-refractivity contribution in [2.24, 2.45) is 0 Å². The molecule has 0 saturated heterocycles. The average molecular weight is 369 g/mol. The van der Waals surface area contributed by atoms with Crippen LogP contribution in [0.1, 0.15) is 34.2 Å². The molecule has 0 fully saturated rings. The second-order valence-corrected chi connectivity index (χ2v) is 7.43. The van der Waals surface area contributed by atoms with E-state index in [1.807, 2.05) is 12.1 Å². The summed E-state index contributed by atoms with van der Waals surface area (Å²) in [4.78, 5) is 2.28. The SMILES string of the molecule is COc1ccc2c(c1OC)CN(C)C1c3cc4c(cc3C[C@H](O)C21)OCO4. The number of aliphatic hydroxyl groups is 1. The van der Waals surface area contributed by atoms with Crippen LogP contribution >= 0.6 is 0 Å². The molecular formula is C21H23NO5. The van der Waals surface area contributed by atoms with Crippen molar-refractivity contribution < 1.29 is 24.1 Å². The standard InChI is InChI=1S/C21H23NO5/c1-22-9-14-12(4-5-16(24-2)21(14)25-3)19-15(23)6-11-7-17-18(27-10-26-17)8-13(11)20(19)22/h4-5,7-8,15,19-20,23H,6,9-10H2,1-3H3/t15-,19?,20?/m0/s1. The van der Waals surface area contributed by atoms with E-state index in [2.05, 4.69) is 24.1 Å². The van der Waals surface area contributed by atoms with Crippen LogP contribution in [0, 0.1) is 0 Å². The van der Waals surface area contributed by atoms with Crippen LogP contribution in [0.4, 0.5) is 0 Å². The van der Waals surface area contributed by atoms with Crippen LogP contribution < -0.4 is 18.9 Å². The lowest BCUT2D eigenvalue weighted by molar-refractivity contribution is 0.0590. The Morgan fingerprint density at radius 1 is 1.07 bits per heavy atom. The Morgan fingerprint density at radius 3 is 2.59 bits per heavy atom. The van der Waals surface area contributed by atoms with E-state index < -0.39 is 6.10 Å². The quantitative estimate of drug-likeness (QED) is 0.878. The van der Waals surface area contributed by atoms with Gasteiger partial charge in [-0.3, -0.25) is 4.90 Å². The Balaban J connectivity index is 1.67. The highest BCUT2D eigenvalue weighted by atomic mass is 16.7. The lowest BCUT2D eigenvalue weighted by Crippen LogP contribution is -2.43. The van der Waals surface area contributed by atoms with Gasteiger partial charge in [-0.15, -0.1) is 0 Å². The van der Waals surface area contributed by atoms with Crippen LogP contribution in [-0.2, 0) is 13.0 Å². The van der Waals surface area contributed by atoms with E-state index in [0.29, 0.717) is 6.42 Å². The van der Waals surface area contributed by atoms with Crippen molar-refractivity contribution in [1.29, 1.82) is 0 Å². The third-order valence-corrected chi connectivity index (χ3v) is 6.06. The summed E-state index contributed by atoms with van der Waals surface area (Å²) < 4.78 is 22.3. The third-order valence-electron chi connectivity index (χ3n) is 6.06. The van der Waals surface area contributed by atoms with Crippen molar-refractivity contribution in [3.63, 3.8) is 0 Å². The van der Waals surface area contributed by atoms with E-state index in [0.717, 1.165) is 46.2 Å². The molecule has 0 spiro atoms. The number of rotatable bonds is 2. The molecule has 6 nitrogen and oxygen atoms in total. The number of likely N-dealkylation sites (N-methyl/N-ethyl adjacent to an activating group) is 1. The van der Waals surface area contributed by atoms with Crippen LogP contribution in [0.3, 0.4) is 0 Å². The molecule has 2 aromatic carbocycles. The smallest absolute Gasteiger partial charge is 0.231 e. The number of aliphatic hydroxyl groups excluding tert-OH is 1. The summed E-state index contributed by atoms with van der Waals surface area (Å²) in [5.41, 5.74) is 4.55. The van der Waals surface area contributed by atoms with Crippen LogP contribution in [0.2, 0.25) is 0 Å². The Hall–Kier alpha value is -2.44. The van der Waals surface area contributed by atoms with E-state index in [1.54, 1.807) is 14.2 Å². The fraction of sp³-hybridized carbons (Fsp3) is 0.429. The number of methoxy groups -OCH3 is 2. The maximum absolute atomic E-state index is 11.1. The van der Waals surface area contributed by atoms with E-state index in [9.17, 15) is 5.11 Å². The molecule has 2 heterocycles. The first-order valence-corrected chi connectivity index (χ1v) is 9.16. The topological polar surface area (TPSA) is 60.4 Å². The molecule has 2 unspecified atom stereocenters. The fourth-order valence-corrected chi connectivity index (χ4v) is 4.93. The van der Waals surface area contributed by atoms with Crippen molar-refractivity contribution in [3.05, 3.63) is 46.5 Å². The summed E-state index contributed by atoms with van der Waals surface area (Å²) in [6.07, 6.45) is 0.108. The minimum Gasteiger partial charge on any atom is -0.493 e. The van der Waals surface area contributed by atoms with Gasteiger partial charge < -0.3 is 24.1 Å². The van der Waals surface area contributed by atoms with Gasteiger partial charge in [0.15, 0.2) is 23.0 Å². The van der Waals surface area contributed by atoms with Crippen molar-refractivity contribution in [3.8, 4) is 23.0 Å². The van der Waals surface area contributed by atoms with Gasteiger partial charge in [0.25, 0.3) is 0 Å². The molecule has 3 aliphatic rings. The van der Waals surface area contributed by atoms with Gasteiger partial charge >= 0.3 is 0 Å². The maximum atomic E-state index is 11.1. The first-order valence-electron chi connectivity index (χ1n) is 9.16. The molecule has 1 aliphatic carbocycles. The zero-order valence-corrected chi connectivity index (χ0v) is 15.7. The van der Waals surface area contributed by atoms with Gasteiger partial charge in [0.2, 0.25) is 6.79 Å². The van der Waals surface area contributed by atoms with Crippen LogP contribution in [0.25, 0.3) is 0 Å².